The first-order chi connectivity index (χ1) is 7.57. The van der Waals surface area contributed by atoms with Gasteiger partial charge in [0.2, 0.25) is 0 Å². The highest BCUT2D eigenvalue weighted by molar-refractivity contribution is 7.71. The van der Waals surface area contributed by atoms with Crippen LogP contribution < -0.4 is 0 Å². The van der Waals surface area contributed by atoms with Gasteiger partial charge in [-0.2, -0.15) is 0 Å². The summed E-state index contributed by atoms with van der Waals surface area (Å²) in [5, 5.41) is 0. The van der Waals surface area contributed by atoms with Gasteiger partial charge in [0.1, 0.15) is 16.1 Å². The minimum absolute atomic E-state index is 0.273. The zero-order valence-corrected chi connectivity index (χ0v) is 10.9. The summed E-state index contributed by atoms with van der Waals surface area (Å²) in [5.41, 5.74) is 1.99. The third-order valence-electron chi connectivity index (χ3n) is 3.33. The second kappa shape index (κ2) is 4.26. The van der Waals surface area contributed by atoms with E-state index < -0.39 is 0 Å². The SMILES string of the molecule is CCc1[nH]c(C2(C)CCCO2)nc(=S)c1C. The number of hydrogen-bond acceptors (Lipinski definition) is 3. The van der Waals surface area contributed by atoms with Crippen molar-refractivity contribution in [1.29, 1.82) is 0 Å². The van der Waals surface area contributed by atoms with Gasteiger partial charge in [-0.25, -0.2) is 4.98 Å². The van der Waals surface area contributed by atoms with Crippen LogP contribution in [0.2, 0.25) is 0 Å². The number of H-pyrrole nitrogens is 1. The molecule has 1 aliphatic heterocycles. The maximum absolute atomic E-state index is 5.78. The lowest BCUT2D eigenvalue weighted by Crippen LogP contribution is -2.24. The quantitative estimate of drug-likeness (QED) is 0.805. The molecule has 0 spiro atoms. The summed E-state index contributed by atoms with van der Waals surface area (Å²) in [6.45, 7) is 7.04. The molecule has 2 heterocycles. The summed E-state index contributed by atoms with van der Waals surface area (Å²) in [4.78, 5) is 7.85. The molecule has 1 atom stereocenters. The van der Waals surface area contributed by atoms with Crippen LogP contribution in [0, 0.1) is 11.6 Å². The topological polar surface area (TPSA) is 37.9 Å². The number of aromatic nitrogens is 2. The molecule has 0 radical (unpaired) electrons. The van der Waals surface area contributed by atoms with E-state index in [1.54, 1.807) is 0 Å². The average Bonchev–Trinajstić information content (AvgIpc) is 2.70. The Kier molecular flexibility index (Phi) is 3.13. The van der Waals surface area contributed by atoms with E-state index in [9.17, 15) is 0 Å². The Hall–Kier alpha value is -0.740. The van der Waals surface area contributed by atoms with Gasteiger partial charge in [-0.15, -0.1) is 0 Å². The molecule has 4 heteroatoms. The van der Waals surface area contributed by atoms with Crippen molar-refractivity contribution in [1.82, 2.24) is 9.97 Å². The molecule has 1 saturated heterocycles. The molecule has 16 heavy (non-hydrogen) atoms. The van der Waals surface area contributed by atoms with Gasteiger partial charge in [-0.3, -0.25) is 0 Å². The fourth-order valence-corrected chi connectivity index (χ4v) is 2.36. The maximum Gasteiger partial charge on any atom is 0.140 e. The van der Waals surface area contributed by atoms with Crippen molar-refractivity contribution < 1.29 is 4.74 Å². The number of nitrogens with zero attached hydrogens (tertiary/aromatic N) is 1. The first-order valence-corrected chi connectivity index (χ1v) is 6.22. The molecular weight excluding hydrogens is 220 g/mol. The molecule has 88 valence electrons. The summed E-state index contributed by atoms with van der Waals surface area (Å²) < 4.78 is 6.48. The Morgan fingerprint density at radius 2 is 2.31 bits per heavy atom. The van der Waals surface area contributed by atoms with Crippen LogP contribution in [-0.4, -0.2) is 16.6 Å². The summed E-state index contributed by atoms with van der Waals surface area (Å²) in [7, 11) is 0. The van der Waals surface area contributed by atoms with Crippen LogP contribution in [0.25, 0.3) is 0 Å². The summed E-state index contributed by atoms with van der Waals surface area (Å²) in [6.07, 6.45) is 3.05. The molecule has 0 aromatic carbocycles. The molecule has 3 nitrogen and oxygen atoms in total. The first kappa shape index (κ1) is 11.7. The van der Waals surface area contributed by atoms with Crippen LogP contribution in [0.1, 0.15) is 43.8 Å². The number of nitrogens with one attached hydrogen (secondary N) is 1. The number of aromatic amines is 1. The molecule has 1 aromatic rings. The number of hydrogen-bond donors (Lipinski definition) is 1. The lowest BCUT2D eigenvalue weighted by Gasteiger charge is -2.23. The predicted molar refractivity (Wildman–Crippen MR) is 66.1 cm³/mol. The zero-order valence-electron chi connectivity index (χ0n) is 10.1. The van der Waals surface area contributed by atoms with Crippen LogP contribution in [0.5, 0.6) is 0 Å². The van der Waals surface area contributed by atoms with E-state index in [-0.39, 0.29) is 5.60 Å². The Labute approximate surface area is 101 Å². The highest BCUT2D eigenvalue weighted by Gasteiger charge is 2.34. The van der Waals surface area contributed by atoms with Gasteiger partial charge in [0.05, 0.1) is 0 Å². The van der Waals surface area contributed by atoms with Crippen LogP contribution in [0.15, 0.2) is 0 Å². The Balaban J connectivity index is 2.50. The van der Waals surface area contributed by atoms with E-state index in [4.69, 9.17) is 17.0 Å². The Bertz CT molecular complexity index is 447. The zero-order chi connectivity index (χ0) is 11.8. The van der Waals surface area contributed by atoms with E-state index >= 15 is 0 Å². The van der Waals surface area contributed by atoms with Gasteiger partial charge in [0.25, 0.3) is 0 Å². The largest absolute Gasteiger partial charge is 0.367 e. The molecule has 0 aliphatic carbocycles. The minimum atomic E-state index is -0.273. The lowest BCUT2D eigenvalue weighted by atomic mass is 10.0. The molecule has 1 aromatic heterocycles. The molecular formula is C12H18N2OS. The number of aryl methyl sites for hydroxylation is 1. The van der Waals surface area contributed by atoms with E-state index in [1.165, 1.54) is 5.69 Å². The maximum atomic E-state index is 5.78. The van der Waals surface area contributed by atoms with Crippen molar-refractivity contribution in [2.24, 2.45) is 0 Å². The summed E-state index contributed by atoms with van der Waals surface area (Å²) in [5.74, 6) is 0.887. The predicted octanol–water partition coefficient (Wildman–Crippen LogP) is 3.04. The lowest BCUT2D eigenvalue weighted by molar-refractivity contribution is 0.00904. The van der Waals surface area contributed by atoms with Gasteiger partial charge >= 0.3 is 0 Å². The fourth-order valence-electron chi connectivity index (χ4n) is 2.15. The van der Waals surface area contributed by atoms with Crippen molar-refractivity contribution in [2.75, 3.05) is 6.61 Å². The molecule has 1 fully saturated rings. The van der Waals surface area contributed by atoms with Gasteiger partial charge in [0.15, 0.2) is 0 Å². The van der Waals surface area contributed by atoms with Gasteiger partial charge in [0, 0.05) is 17.9 Å². The van der Waals surface area contributed by atoms with Crippen molar-refractivity contribution >= 4 is 12.2 Å². The third kappa shape index (κ3) is 1.92. The third-order valence-corrected chi connectivity index (χ3v) is 3.73. The van der Waals surface area contributed by atoms with E-state index in [2.05, 4.69) is 23.8 Å². The molecule has 0 amide bonds. The summed E-state index contributed by atoms with van der Waals surface area (Å²) >= 11 is 5.29. The first-order valence-electron chi connectivity index (χ1n) is 5.81. The molecule has 1 aliphatic rings. The molecule has 1 unspecified atom stereocenters. The smallest absolute Gasteiger partial charge is 0.140 e. The second-order valence-electron chi connectivity index (χ2n) is 4.53. The Morgan fingerprint density at radius 1 is 1.56 bits per heavy atom. The van der Waals surface area contributed by atoms with E-state index in [1.807, 2.05) is 6.92 Å². The molecule has 0 bridgehead atoms. The van der Waals surface area contributed by atoms with Gasteiger partial charge in [-0.1, -0.05) is 19.1 Å². The summed E-state index contributed by atoms with van der Waals surface area (Å²) in [6, 6.07) is 0. The highest BCUT2D eigenvalue weighted by Crippen LogP contribution is 2.33. The van der Waals surface area contributed by atoms with Crippen molar-refractivity contribution in [3.8, 4) is 0 Å². The minimum Gasteiger partial charge on any atom is -0.367 e. The molecule has 1 N–H and O–H groups in total. The van der Waals surface area contributed by atoms with Gasteiger partial charge in [-0.05, 0) is 33.1 Å². The average molecular weight is 238 g/mol. The molecule has 0 saturated carbocycles. The van der Waals surface area contributed by atoms with E-state index in [0.29, 0.717) is 4.64 Å². The fraction of sp³-hybridized carbons (Fsp3) is 0.667. The van der Waals surface area contributed by atoms with E-state index in [0.717, 1.165) is 37.3 Å². The monoisotopic (exact) mass is 238 g/mol. The van der Waals surface area contributed by atoms with Crippen molar-refractivity contribution in [2.45, 2.75) is 45.6 Å². The number of rotatable bonds is 2. The standard InChI is InChI=1S/C12H18N2OS/c1-4-9-8(2)10(16)14-11(13-9)12(3)6-5-7-15-12/h4-7H2,1-3H3,(H,13,14,16). The number of ether oxygens (including phenoxy) is 1. The van der Waals surface area contributed by atoms with Crippen LogP contribution >= 0.6 is 12.2 Å². The van der Waals surface area contributed by atoms with Crippen LogP contribution in [0.3, 0.4) is 0 Å². The second-order valence-corrected chi connectivity index (χ2v) is 4.92. The van der Waals surface area contributed by atoms with Crippen LogP contribution in [0.4, 0.5) is 0 Å². The Morgan fingerprint density at radius 3 is 2.88 bits per heavy atom. The van der Waals surface area contributed by atoms with Gasteiger partial charge < -0.3 is 9.72 Å². The van der Waals surface area contributed by atoms with Crippen molar-refractivity contribution in [3.05, 3.63) is 21.7 Å². The van der Waals surface area contributed by atoms with Crippen molar-refractivity contribution in [3.63, 3.8) is 0 Å². The van der Waals surface area contributed by atoms with Crippen LogP contribution in [-0.2, 0) is 16.8 Å². The highest BCUT2D eigenvalue weighted by atomic mass is 32.1. The molecule has 2 rings (SSSR count). The normalized spacial score (nSPS) is 24.9.